The minimum absolute atomic E-state index is 0.0186. The first-order chi connectivity index (χ1) is 11.1. The molecule has 2 heterocycles. The maximum atomic E-state index is 12.7. The van der Waals surface area contributed by atoms with Gasteiger partial charge in [0.25, 0.3) is 0 Å². The fourth-order valence-electron chi connectivity index (χ4n) is 2.99. The van der Waals surface area contributed by atoms with E-state index in [1.54, 1.807) is 4.90 Å². The van der Waals surface area contributed by atoms with Gasteiger partial charge in [0.15, 0.2) is 0 Å². The number of nitrogens with zero attached hydrogens (tertiary/aromatic N) is 2. The minimum Gasteiger partial charge on any atom is -0.326 e. The Balaban J connectivity index is 2.45. The van der Waals surface area contributed by atoms with Crippen molar-refractivity contribution < 1.29 is 13.2 Å². The van der Waals surface area contributed by atoms with Crippen molar-refractivity contribution in [3.63, 3.8) is 0 Å². The van der Waals surface area contributed by atoms with Crippen LogP contribution in [0.5, 0.6) is 0 Å². The Labute approximate surface area is 143 Å². The Morgan fingerprint density at radius 3 is 2.50 bits per heavy atom. The second-order valence-corrected chi connectivity index (χ2v) is 7.12. The van der Waals surface area contributed by atoms with Crippen LogP contribution in [0.25, 0.3) is 0 Å². The minimum atomic E-state index is -4.26. The molecule has 0 fully saturated rings. The Kier molecular flexibility index (Phi) is 5.36. The summed E-state index contributed by atoms with van der Waals surface area (Å²) in [5.41, 5.74) is 4.06. The molecule has 0 aromatic rings. The van der Waals surface area contributed by atoms with E-state index in [2.05, 4.69) is 18.6 Å². The lowest BCUT2D eigenvalue weighted by atomic mass is 9.99. The maximum Gasteiger partial charge on any atom is 0.390 e. The van der Waals surface area contributed by atoms with Crippen molar-refractivity contribution in [1.29, 1.82) is 5.41 Å². The van der Waals surface area contributed by atoms with Gasteiger partial charge in [0.05, 0.1) is 22.7 Å². The number of alkyl halides is 3. The Hall–Kier alpha value is -1.45. The SMILES string of the molecule is C=C1C2=C(SC(C=N)C2NN)N(CCC(F)(F)F)C(=C)N1C(C)C. The third kappa shape index (κ3) is 3.33. The molecule has 0 radical (unpaired) electrons. The summed E-state index contributed by atoms with van der Waals surface area (Å²) in [5, 5.41) is 7.91. The van der Waals surface area contributed by atoms with E-state index in [9.17, 15) is 13.2 Å². The number of hydrogen-bond acceptors (Lipinski definition) is 6. The van der Waals surface area contributed by atoms with Gasteiger partial charge in [0.2, 0.25) is 0 Å². The highest BCUT2D eigenvalue weighted by Crippen LogP contribution is 2.48. The molecule has 0 amide bonds. The number of hydrogen-bond donors (Lipinski definition) is 3. The van der Waals surface area contributed by atoms with Crippen LogP contribution in [-0.2, 0) is 0 Å². The zero-order chi connectivity index (χ0) is 18.2. The number of nitrogens with one attached hydrogen (secondary N) is 2. The summed E-state index contributed by atoms with van der Waals surface area (Å²) in [4.78, 5) is 3.38. The van der Waals surface area contributed by atoms with Crippen LogP contribution < -0.4 is 11.3 Å². The second-order valence-electron chi connectivity index (χ2n) is 5.96. The molecule has 9 heteroatoms. The highest BCUT2D eigenvalue weighted by molar-refractivity contribution is 8.04. The smallest absolute Gasteiger partial charge is 0.326 e. The quantitative estimate of drug-likeness (QED) is 0.399. The van der Waals surface area contributed by atoms with Crippen molar-refractivity contribution in [2.75, 3.05) is 6.54 Å². The fraction of sp³-hybridized carbons (Fsp3) is 0.533. The summed E-state index contributed by atoms with van der Waals surface area (Å²) >= 11 is 1.31. The summed E-state index contributed by atoms with van der Waals surface area (Å²) in [5.74, 6) is 6.10. The molecule has 134 valence electrons. The molecule has 0 bridgehead atoms. The highest BCUT2D eigenvalue weighted by atomic mass is 32.2. The van der Waals surface area contributed by atoms with Crippen LogP contribution in [0, 0.1) is 5.41 Å². The number of rotatable bonds is 5. The maximum absolute atomic E-state index is 12.7. The number of thioether (sulfide) groups is 1. The van der Waals surface area contributed by atoms with Gasteiger partial charge in [0.1, 0.15) is 5.82 Å². The van der Waals surface area contributed by atoms with Gasteiger partial charge in [-0.3, -0.25) is 11.3 Å². The third-order valence-electron chi connectivity index (χ3n) is 4.03. The van der Waals surface area contributed by atoms with Crippen LogP contribution in [0.4, 0.5) is 13.2 Å². The Morgan fingerprint density at radius 2 is 2.04 bits per heavy atom. The number of halogens is 3. The van der Waals surface area contributed by atoms with Crippen molar-refractivity contribution in [2.45, 2.75) is 43.8 Å². The van der Waals surface area contributed by atoms with E-state index in [4.69, 9.17) is 11.3 Å². The van der Waals surface area contributed by atoms with Gasteiger partial charge >= 0.3 is 6.18 Å². The lowest BCUT2D eigenvalue weighted by Gasteiger charge is -2.44. The Bertz CT molecular complexity index is 584. The molecule has 2 atom stereocenters. The molecule has 2 aliphatic rings. The standard InChI is InChI=1S/C15H22F3N5S/c1-8(2)23-9(3)12-13(21-20)11(7-19)24-14(12)22(10(23)4)6-5-15(16,17)18/h7-8,11,13,19,21H,3-6,20H2,1-2H3. The molecule has 5 nitrogen and oxygen atoms in total. The normalized spacial score (nSPS) is 25.0. The van der Waals surface area contributed by atoms with E-state index < -0.39 is 12.6 Å². The summed E-state index contributed by atoms with van der Waals surface area (Å²) in [7, 11) is 0. The molecule has 2 unspecified atom stereocenters. The van der Waals surface area contributed by atoms with E-state index in [1.165, 1.54) is 18.0 Å². The van der Waals surface area contributed by atoms with Crippen molar-refractivity contribution in [1.82, 2.24) is 15.2 Å². The largest absolute Gasteiger partial charge is 0.390 e. The predicted octanol–water partition coefficient (Wildman–Crippen LogP) is 2.76. The summed E-state index contributed by atoms with van der Waals surface area (Å²) < 4.78 is 38.2. The zero-order valence-corrected chi connectivity index (χ0v) is 14.5. The predicted molar refractivity (Wildman–Crippen MR) is 90.9 cm³/mol. The van der Waals surface area contributed by atoms with E-state index >= 15 is 0 Å². The van der Waals surface area contributed by atoms with Crippen LogP contribution >= 0.6 is 11.8 Å². The molecular formula is C15H22F3N5S. The van der Waals surface area contributed by atoms with E-state index in [1.807, 2.05) is 18.7 Å². The van der Waals surface area contributed by atoms with Crippen LogP contribution in [0.1, 0.15) is 20.3 Å². The molecule has 0 saturated heterocycles. The Morgan fingerprint density at radius 1 is 1.42 bits per heavy atom. The van der Waals surface area contributed by atoms with Gasteiger partial charge in [-0.25, -0.2) is 0 Å². The van der Waals surface area contributed by atoms with Gasteiger partial charge < -0.3 is 15.2 Å². The fourth-order valence-corrected chi connectivity index (χ4v) is 4.36. The molecule has 24 heavy (non-hydrogen) atoms. The summed E-state index contributed by atoms with van der Waals surface area (Å²) in [6.07, 6.45) is -3.96. The first-order valence-electron chi connectivity index (χ1n) is 7.51. The van der Waals surface area contributed by atoms with Crippen molar-refractivity contribution in [3.8, 4) is 0 Å². The molecule has 0 aromatic heterocycles. The molecule has 2 aliphatic heterocycles. The van der Waals surface area contributed by atoms with E-state index in [0.29, 0.717) is 16.5 Å². The van der Waals surface area contributed by atoms with Gasteiger partial charge in [-0.1, -0.05) is 24.9 Å². The van der Waals surface area contributed by atoms with Crippen molar-refractivity contribution >= 4 is 18.0 Å². The molecule has 4 N–H and O–H groups in total. The number of nitrogens with two attached hydrogens (primary N) is 1. The molecular weight excluding hydrogens is 339 g/mol. The van der Waals surface area contributed by atoms with Gasteiger partial charge in [-0.15, -0.1) is 0 Å². The van der Waals surface area contributed by atoms with Gasteiger partial charge in [-0.05, 0) is 13.8 Å². The summed E-state index contributed by atoms with van der Waals surface area (Å²) in [6, 6.07) is -0.396. The molecule has 0 saturated carbocycles. The van der Waals surface area contributed by atoms with E-state index in [0.717, 1.165) is 5.57 Å². The van der Waals surface area contributed by atoms with Crippen LogP contribution in [-0.4, -0.2) is 46.1 Å². The average Bonchev–Trinajstić information content (AvgIpc) is 2.84. The number of hydrazine groups is 1. The van der Waals surface area contributed by atoms with E-state index in [-0.39, 0.29) is 23.9 Å². The monoisotopic (exact) mass is 361 g/mol. The molecule has 2 rings (SSSR count). The van der Waals surface area contributed by atoms with Crippen LogP contribution in [0.3, 0.4) is 0 Å². The van der Waals surface area contributed by atoms with Crippen LogP contribution in [0.15, 0.2) is 35.3 Å². The van der Waals surface area contributed by atoms with Crippen LogP contribution in [0.2, 0.25) is 0 Å². The zero-order valence-electron chi connectivity index (χ0n) is 13.7. The molecule has 0 spiro atoms. The third-order valence-corrected chi connectivity index (χ3v) is 5.38. The topological polar surface area (TPSA) is 68.4 Å². The first kappa shape index (κ1) is 18.9. The highest BCUT2D eigenvalue weighted by Gasteiger charge is 2.44. The van der Waals surface area contributed by atoms with Gasteiger partial charge in [0, 0.05) is 30.1 Å². The van der Waals surface area contributed by atoms with Gasteiger partial charge in [-0.2, -0.15) is 13.2 Å². The summed E-state index contributed by atoms with van der Waals surface area (Å²) in [6.45, 7) is 11.7. The lowest BCUT2D eigenvalue weighted by Crippen LogP contribution is -2.47. The van der Waals surface area contributed by atoms with Crippen molar-refractivity contribution in [2.24, 2.45) is 5.84 Å². The first-order valence-corrected chi connectivity index (χ1v) is 8.39. The molecule has 0 aliphatic carbocycles. The second kappa shape index (κ2) is 6.81. The molecule has 0 aromatic carbocycles. The lowest BCUT2D eigenvalue weighted by molar-refractivity contribution is -0.136. The van der Waals surface area contributed by atoms with Crippen molar-refractivity contribution in [3.05, 3.63) is 35.3 Å². The average molecular weight is 361 g/mol.